The number of carbonyl (C=O) groups is 2. The Balaban J connectivity index is 1.62. The van der Waals surface area contributed by atoms with Gasteiger partial charge in [-0.1, -0.05) is 29.8 Å². The zero-order valence-electron chi connectivity index (χ0n) is 12.6. The predicted molar refractivity (Wildman–Crippen MR) is 95.8 cm³/mol. The van der Waals surface area contributed by atoms with Gasteiger partial charge >= 0.3 is 0 Å². The van der Waals surface area contributed by atoms with Crippen LogP contribution in [0.1, 0.15) is 20.9 Å². The highest BCUT2D eigenvalue weighted by Crippen LogP contribution is 2.33. The maximum Gasteiger partial charge on any atom is 0.272 e. The number of nitrogens with zero attached hydrogens (tertiary/aromatic N) is 1. The van der Waals surface area contributed by atoms with Crippen LogP contribution < -0.4 is 5.32 Å². The summed E-state index contributed by atoms with van der Waals surface area (Å²) in [7, 11) is 0. The van der Waals surface area contributed by atoms with Gasteiger partial charge in [0.2, 0.25) is 6.41 Å². The minimum atomic E-state index is -0.0971. The van der Waals surface area contributed by atoms with E-state index in [1.54, 1.807) is 4.90 Å². The summed E-state index contributed by atoms with van der Waals surface area (Å²) in [5.41, 5.74) is 2.48. The fourth-order valence-corrected chi connectivity index (χ4v) is 4.41. The predicted octanol–water partition coefficient (Wildman–Crippen LogP) is 3.65. The van der Waals surface area contributed by atoms with Gasteiger partial charge in [-0.15, -0.1) is 11.3 Å². The highest BCUT2D eigenvalue weighted by Gasteiger charge is 2.26. The van der Waals surface area contributed by atoms with Crippen LogP contribution in [0.25, 0.3) is 10.9 Å². The molecule has 2 amide bonds. The molecule has 5 nitrogen and oxygen atoms in total. The average Bonchev–Trinajstić information content (AvgIpc) is 3.15. The molecule has 122 valence electrons. The van der Waals surface area contributed by atoms with Gasteiger partial charge in [0.15, 0.2) is 0 Å². The maximum atomic E-state index is 12.9. The molecular formula is C17H14ClN3O2S. The molecule has 3 heterocycles. The Morgan fingerprint density at radius 2 is 2.21 bits per heavy atom. The van der Waals surface area contributed by atoms with Crippen molar-refractivity contribution in [1.82, 2.24) is 9.88 Å². The number of anilines is 1. The zero-order chi connectivity index (χ0) is 16.7. The maximum absolute atomic E-state index is 12.9. The number of para-hydroxylation sites is 1. The number of rotatable bonds is 3. The van der Waals surface area contributed by atoms with Crippen LogP contribution in [0.5, 0.6) is 0 Å². The molecule has 0 bridgehead atoms. The summed E-state index contributed by atoms with van der Waals surface area (Å²) < 4.78 is 0. The van der Waals surface area contributed by atoms with Gasteiger partial charge in [-0.25, -0.2) is 0 Å². The van der Waals surface area contributed by atoms with E-state index >= 15 is 0 Å². The van der Waals surface area contributed by atoms with Crippen LogP contribution in [-0.4, -0.2) is 28.7 Å². The van der Waals surface area contributed by atoms with E-state index in [2.05, 4.69) is 10.3 Å². The molecule has 0 unspecified atom stereocenters. The molecule has 0 radical (unpaired) electrons. The second kappa shape index (κ2) is 5.96. The Labute approximate surface area is 147 Å². The molecule has 24 heavy (non-hydrogen) atoms. The lowest BCUT2D eigenvalue weighted by molar-refractivity contribution is -0.105. The van der Waals surface area contributed by atoms with Crippen molar-refractivity contribution in [2.75, 3.05) is 11.9 Å². The van der Waals surface area contributed by atoms with E-state index in [0.717, 1.165) is 27.2 Å². The van der Waals surface area contributed by atoms with Crippen molar-refractivity contribution in [3.05, 3.63) is 51.5 Å². The Kier molecular flexibility index (Phi) is 3.78. The molecule has 2 aromatic heterocycles. The molecule has 0 saturated carbocycles. The van der Waals surface area contributed by atoms with Crippen LogP contribution in [0.4, 0.5) is 5.00 Å². The molecule has 0 saturated heterocycles. The van der Waals surface area contributed by atoms with Crippen LogP contribution in [0, 0.1) is 0 Å². The van der Waals surface area contributed by atoms with E-state index in [1.807, 2.05) is 30.3 Å². The molecule has 0 fully saturated rings. The van der Waals surface area contributed by atoms with Gasteiger partial charge in [0, 0.05) is 22.3 Å². The topological polar surface area (TPSA) is 65.2 Å². The van der Waals surface area contributed by atoms with E-state index in [1.165, 1.54) is 16.9 Å². The van der Waals surface area contributed by atoms with Crippen LogP contribution in [-0.2, 0) is 17.8 Å². The van der Waals surface area contributed by atoms with Crippen molar-refractivity contribution >= 4 is 51.2 Å². The third-order valence-corrected chi connectivity index (χ3v) is 5.71. The van der Waals surface area contributed by atoms with Crippen LogP contribution in [0.15, 0.2) is 30.3 Å². The quantitative estimate of drug-likeness (QED) is 0.701. The number of benzene rings is 1. The monoisotopic (exact) mass is 359 g/mol. The number of carbonyl (C=O) groups excluding carboxylic acids is 2. The second-order valence-electron chi connectivity index (χ2n) is 5.66. The van der Waals surface area contributed by atoms with Crippen LogP contribution >= 0.6 is 22.9 Å². The fraction of sp³-hybridized carbons (Fsp3) is 0.176. The Bertz CT molecular complexity index is 947. The van der Waals surface area contributed by atoms with Crippen molar-refractivity contribution in [2.24, 2.45) is 0 Å². The number of hydrogen-bond acceptors (Lipinski definition) is 3. The molecule has 1 aliphatic rings. The number of amides is 2. The minimum absolute atomic E-state index is 0.0971. The Morgan fingerprint density at radius 1 is 1.38 bits per heavy atom. The first-order valence-corrected chi connectivity index (χ1v) is 8.74. The summed E-state index contributed by atoms with van der Waals surface area (Å²) in [4.78, 5) is 29.5. The highest BCUT2D eigenvalue weighted by atomic mass is 35.5. The molecule has 0 aliphatic carbocycles. The van der Waals surface area contributed by atoms with Gasteiger partial charge < -0.3 is 15.2 Å². The SMILES string of the molecule is O=CNc1cc2c(s1)CN(C(=O)c1[nH]c3ccccc3c1Cl)CC2. The zero-order valence-corrected chi connectivity index (χ0v) is 14.2. The van der Waals surface area contributed by atoms with Crippen molar-refractivity contribution in [2.45, 2.75) is 13.0 Å². The summed E-state index contributed by atoms with van der Waals surface area (Å²) in [5, 5.41) is 4.81. The van der Waals surface area contributed by atoms with Crippen molar-refractivity contribution in [1.29, 1.82) is 0 Å². The van der Waals surface area contributed by atoms with Gasteiger partial charge in [-0.3, -0.25) is 9.59 Å². The van der Waals surface area contributed by atoms with E-state index in [9.17, 15) is 9.59 Å². The number of nitrogens with one attached hydrogen (secondary N) is 2. The number of fused-ring (bicyclic) bond motifs is 2. The lowest BCUT2D eigenvalue weighted by atomic mass is 10.1. The van der Waals surface area contributed by atoms with Gasteiger partial charge in [0.25, 0.3) is 5.91 Å². The van der Waals surface area contributed by atoms with Crippen molar-refractivity contribution in [3.63, 3.8) is 0 Å². The first kappa shape index (κ1) is 15.2. The van der Waals surface area contributed by atoms with Gasteiger partial charge in [0.05, 0.1) is 16.6 Å². The van der Waals surface area contributed by atoms with E-state index in [-0.39, 0.29) is 5.91 Å². The molecule has 3 aromatic rings. The number of H-pyrrole nitrogens is 1. The summed E-state index contributed by atoms with van der Waals surface area (Å²) in [6.07, 6.45) is 1.44. The summed E-state index contributed by atoms with van der Waals surface area (Å²) in [6, 6.07) is 9.59. The highest BCUT2D eigenvalue weighted by molar-refractivity contribution is 7.16. The summed E-state index contributed by atoms with van der Waals surface area (Å²) >= 11 is 7.90. The molecular weight excluding hydrogens is 346 g/mol. The first-order valence-electron chi connectivity index (χ1n) is 7.54. The Morgan fingerprint density at radius 3 is 3.00 bits per heavy atom. The fourth-order valence-electron chi connectivity index (χ4n) is 3.04. The lowest BCUT2D eigenvalue weighted by Gasteiger charge is -2.26. The standard InChI is InChI=1S/C17H14ClN3O2S/c18-15-11-3-1-2-4-12(11)20-16(15)17(23)21-6-5-10-7-14(19-9-22)24-13(10)8-21/h1-4,7,9,20H,5-6,8H2,(H,19,22). The number of hydrogen-bond donors (Lipinski definition) is 2. The van der Waals surface area contributed by atoms with Crippen molar-refractivity contribution in [3.8, 4) is 0 Å². The molecule has 4 rings (SSSR count). The molecule has 7 heteroatoms. The van der Waals surface area contributed by atoms with Gasteiger partial charge in [-0.2, -0.15) is 0 Å². The number of halogens is 1. The number of aromatic amines is 1. The number of thiophene rings is 1. The molecule has 0 atom stereocenters. The second-order valence-corrected chi connectivity index (χ2v) is 7.17. The molecule has 1 aliphatic heterocycles. The largest absolute Gasteiger partial charge is 0.349 e. The van der Waals surface area contributed by atoms with E-state index in [4.69, 9.17) is 11.6 Å². The third-order valence-electron chi connectivity index (χ3n) is 4.23. The minimum Gasteiger partial charge on any atom is -0.349 e. The van der Waals surface area contributed by atoms with Crippen LogP contribution in [0.3, 0.4) is 0 Å². The lowest BCUT2D eigenvalue weighted by Crippen LogP contribution is -2.35. The van der Waals surface area contributed by atoms with Crippen molar-refractivity contribution < 1.29 is 9.59 Å². The Hall–Kier alpha value is -2.31. The summed E-state index contributed by atoms with van der Waals surface area (Å²) in [6.45, 7) is 1.17. The molecule has 1 aromatic carbocycles. The summed E-state index contributed by atoms with van der Waals surface area (Å²) in [5.74, 6) is -0.0971. The average molecular weight is 360 g/mol. The van der Waals surface area contributed by atoms with Gasteiger partial charge in [0.1, 0.15) is 5.69 Å². The smallest absolute Gasteiger partial charge is 0.272 e. The van der Waals surface area contributed by atoms with E-state index < -0.39 is 0 Å². The van der Waals surface area contributed by atoms with E-state index in [0.29, 0.717) is 30.2 Å². The third kappa shape index (κ3) is 2.48. The van der Waals surface area contributed by atoms with Crippen LogP contribution in [0.2, 0.25) is 5.02 Å². The first-order chi connectivity index (χ1) is 11.7. The molecule has 0 spiro atoms. The normalized spacial score (nSPS) is 13.8. The van der Waals surface area contributed by atoms with Gasteiger partial charge in [-0.05, 0) is 24.1 Å². The molecule has 2 N–H and O–H groups in total. The number of aromatic nitrogens is 1.